The number of nitrogens with zero attached hydrogens (tertiary/aromatic N) is 1. The molecule has 0 aliphatic carbocycles. The van der Waals surface area contributed by atoms with Gasteiger partial charge in [-0.1, -0.05) is 6.07 Å². The van der Waals surface area contributed by atoms with Crippen molar-refractivity contribution in [2.45, 2.75) is 12.8 Å². The van der Waals surface area contributed by atoms with E-state index >= 15 is 0 Å². The molecular weight excluding hydrogens is 213 g/mol. The molecule has 0 radical (unpaired) electrons. The third-order valence-corrected chi connectivity index (χ3v) is 2.77. The number of amides is 1. The van der Waals surface area contributed by atoms with Crippen molar-refractivity contribution in [1.82, 2.24) is 0 Å². The van der Waals surface area contributed by atoms with Crippen LogP contribution >= 0.6 is 12.6 Å². The average Bonchev–Trinajstić information content (AvgIpc) is 2.23. The molecule has 0 fully saturated rings. The van der Waals surface area contributed by atoms with Gasteiger partial charge in [0.15, 0.2) is 0 Å². The molecule has 15 heavy (non-hydrogen) atoms. The van der Waals surface area contributed by atoms with E-state index in [0.717, 1.165) is 5.56 Å². The van der Waals surface area contributed by atoms with E-state index in [0.29, 0.717) is 30.8 Å². The molecule has 1 aromatic rings. The Morgan fingerprint density at radius 1 is 1.40 bits per heavy atom. The van der Waals surface area contributed by atoms with Gasteiger partial charge in [-0.05, 0) is 24.1 Å². The van der Waals surface area contributed by atoms with Crippen molar-refractivity contribution in [2.75, 3.05) is 17.2 Å². The Morgan fingerprint density at radius 2 is 2.20 bits per heavy atom. The number of halogens is 1. The summed E-state index contributed by atoms with van der Waals surface area (Å²) >= 11 is 4.10. The lowest BCUT2D eigenvalue weighted by Gasteiger charge is -2.28. The summed E-state index contributed by atoms with van der Waals surface area (Å²) in [6.07, 6.45) is 1.21. The fraction of sp³-hybridized carbons (Fsp3) is 0.364. The summed E-state index contributed by atoms with van der Waals surface area (Å²) in [7, 11) is 0. The van der Waals surface area contributed by atoms with Crippen LogP contribution in [0.1, 0.15) is 12.0 Å². The predicted octanol–water partition coefficient (Wildman–Crippen LogP) is 2.03. The predicted molar refractivity (Wildman–Crippen MR) is 60.9 cm³/mol. The standard InChI is InChI=1S/C11H12FNOS/c12-9-3-1-8-2-4-11(14)13(5-6-15)10(8)7-9/h1,3,7,15H,2,4-6H2. The normalized spacial score (nSPS) is 15.3. The van der Waals surface area contributed by atoms with Gasteiger partial charge in [-0.3, -0.25) is 4.79 Å². The number of anilines is 1. The van der Waals surface area contributed by atoms with Gasteiger partial charge in [-0.25, -0.2) is 4.39 Å². The molecule has 80 valence electrons. The molecule has 0 N–H and O–H groups in total. The smallest absolute Gasteiger partial charge is 0.227 e. The van der Waals surface area contributed by atoms with Crippen LogP contribution in [0.25, 0.3) is 0 Å². The number of thiol groups is 1. The Morgan fingerprint density at radius 3 is 2.93 bits per heavy atom. The first kappa shape index (κ1) is 10.5. The minimum atomic E-state index is -0.299. The second kappa shape index (κ2) is 4.23. The highest BCUT2D eigenvalue weighted by atomic mass is 32.1. The Balaban J connectivity index is 2.41. The van der Waals surface area contributed by atoms with Crippen molar-refractivity contribution in [1.29, 1.82) is 0 Å². The molecule has 1 aliphatic heterocycles. The van der Waals surface area contributed by atoms with Crippen LogP contribution in [0.15, 0.2) is 18.2 Å². The molecular formula is C11H12FNOS. The van der Waals surface area contributed by atoms with Gasteiger partial charge in [0.2, 0.25) is 5.91 Å². The minimum absolute atomic E-state index is 0.0575. The van der Waals surface area contributed by atoms with Crippen LogP contribution in [0.3, 0.4) is 0 Å². The molecule has 0 aromatic heterocycles. The van der Waals surface area contributed by atoms with E-state index in [4.69, 9.17) is 0 Å². The summed E-state index contributed by atoms with van der Waals surface area (Å²) in [6.45, 7) is 0.540. The van der Waals surface area contributed by atoms with Gasteiger partial charge in [0.1, 0.15) is 5.82 Å². The number of rotatable bonds is 2. The monoisotopic (exact) mass is 225 g/mol. The SMILES string of the molecule is O=C1CCc2ccc(F)cc2N1CCS. The zero-order chi connectivity index (χ0) is 10.8. The van der Waals surface area contributed by atoms with Crippen molar-refractivity contribution in [3.8, 4) is 0 Å². The topological polar surface area (TPSA) is 20.3 Å². The lowest BCUT2D eigenvalue weighted by atomic mass is 10.0. The fourth-order valence-corrected chi connectivity index (χ4v) is 2.06. The lowest BCUT2D eigenvalue weighted by Crippen LogP contribution is -2.36. The summed E-state index contributed by atoms with van der Waals surface area (Å²) in [6, 6.07) is 4.62. The molecule has 0 unspecified atom stereocenters. The van der Waals surface area contributed by atoms with Crippen molar-refractivity contribution in [2.24, 2.45) is 0 Å². The van der Waals surface area contributed by atoms with Crippen LogP contribution in [0.5, 0.6) is 0 Å². The van der Waals surface area contributed by atoms with Gasteiger partial charge < -0.3 is 4.90 Å². The molecule has 0 bridgehead atoms. The van der Waals surface area contributed by atoms with Crippen LogP contribution < -0.4 is 4.90 Å². The highest BCUT2D eigenvalue weighted by Crippen LogP contribution is 2.28. The van der Waals surface area contributed by atoms with Gasteiger partial charge in [0.25, 0.3) is 0 Å². The first-order chi connectivity index (χ1) is 7.22. The summed E-state index contributed by atoms with van der Waals surface area (Å²) in [4.78, 5) is 13.2. The largest absolute Gasteiger partial charge is 0.311 e. The maximum absolute atomic E-state index is 13.1. The van der Waals surface area contributed by atoms with Crippen LogP contribution in [0.2, 0.25) is 0 Å². The number of aryl methyl sites for hydroxylation is 1. The maximum Gasteiger partial charge on any atom is 0.227 e. The van der Waals surface area contributed by atoms with Gasteiger partial charge >= 0.3 is 0 Å². The minimum Gasteiger partial charge on any atom is -0.311 e. The number of benzene rings is 1. The number of carbonyl (C=O) groups excluding carboxylic acids is 1. The third kappa shape index (κ3) is 2.00. The molecule has 0 atom stereocenters. The van der Waals surface area contributed by atoms with Crippen molar-refractivity contribution < 1.29 is 9.18 Å². The maximum atomic E-state index is 13.1. The summed E-state index contributed by atoms with van der Waals surface area (Å²) < 4.78 is 13.1. The van der Waals surface area contributed by atoms with Crippen LogP contribution in [0, 0.1) is 5.82 Å². The van der Waals surface area contributed by atoms with E-state index in [1.807, 2.05) is 0 Å². The highest BCUT2D eigenvalue weighted by molar-refractivity contribution is 7.80. The molecule has 1 aromatic carbocycles. The molecule has 0 saturated carbocycles. The zero-order valence-electron chi connectivity index (χ0n) is 8.24. The third-order valence-electron chi connectivity index (χ3n) is 2.57. The summed E-state index contributed by atoms with van der Waals surface area (Å²) in [5.41, 5.74) is 1.75. The number of hydrogen-bond donors (Lipinski definition) is 1. The van der Waals surface area contributed by atoms with Crippen LogP contribution in [-0.2, 0) is 11.2 Å². The molecule has 2 rings (SSSR count). The van der Waals surface area contributed by atoms with E-state index in [2.05, 4.69) is 12.6 Å². The molecule has 0 saturated heterocycles. The molecule has 1 aliphatic rings. The Bertz CT molecular complexity index is 394. The van der Waals surface area contributed by atoms with Crippen LogP contribution in [0.4, 0.5) is 10.1 Å². The summed E-state index contributed by atoms with van der Waals surface area (Å²) in [5, 5.41) is 0. The quantitative estimate of drug-likeness (QED) is 0.764. The second-order valence-electron chi connectivity index (χ2n) is 3.54. The number of hydrogen-bond acceptors (Lipinski definition) is 2. The molecule has 4 heteroatoms. The average molecular weight is 225 g/mol. The van der Waals surface area contributed by atoms with Crippen molar-refractivity contribution >= 4 is 24.2 Å². The van der Waals surface area contributed by atoms with Crippen LogP contribution in [-0.4, -0.2) is 18.2 Å². The highest BCUT2D eigenvalue weighted by Gasteiger charge is 2.23. The second-order valence-corrected chi connectivity index (χ2v) is 3.99. The lowest BCUT2D eigenvalue weighted by molar-refractivity contribution is -0.118. The Kier molecular flexibility index (Phi) is 2.95. The van der Waals surface area contributed by atoms with Gasteiger partial charge in [0.05, 0.1) is 0 Å². The van der Waals surface area contributed by atoms with Crippen molar-refractivity contribution in [3.05, 3.63) is 29.6 Å². The molecule has 1 amide bonds. The molecule has 2 nitrogen and oxygen atoms in total. The van der Waals surface area contributed by atoms with E-state index in [1.165, 1.54) is 12.1 Å². The first-order valence-electron chi connectivity index (χ1n) is 4.92. The number of carbonyl (C=O) groups is 1. The zero-order valence-corrected chi connectivity index (χ0v) is 9.14. The van der Waals surface area contributed by atoms with E-state index in [1.54, 1.807) is 11.0 Å². The van der Waals surface area contributed by atoms with Gasteiger partial charge in [-0.2, -0.15) is 12.6 Å². The molecule has 0 spiro atoms. The van der Waals surface area contributed by atoms with E-state index in [9.17, 15) is 9.18 Å². The fourth-order valence-electron chi connectivity index (χ4n) is 1.86. The number of fused-ring (bicyclic) bond motifs is 1. The molecule has 1 heterocycles. The van der Waals surface area contributed by atoms with Crippen molar-refractivity contribution in [3.63, 3.8) is 0 Å². The van der Waals surface area contributed by atoms with E-state index in [-0.39, 0.29) is 11.7 Å². The summed E-state index contributed by atoms with van der Waals surface area (Å²) in [5.74, 6) is 0.344. The van der Waals surface area contributed by atoms with E-state index < -0.39 is 0 Å². The van der Waals surface area contributed by atoms with Gasteiger partial charge in [-0.15, -0.1) is 0 Å². The Labute approximate surface area is 93.5 Å². The van der Waals surface area contributed by atoms with Gasteiger partial charge in [0, 0.05) is 24.4 Å². The first-order valence-corrected chi connectivity index (χ1v) is 5.55. The Hall–Kier alpha value is -1.03.